The van der Waals surface area contributed by atoms with Crippen LogP contribution in [0.15, 0.2) is 30.3 Å². The number of benzene rings is 1. The summed E-state index contributed by atoms with van der Waals surface area (Å²) in [7, 11) is 3.91. The van der Waals surface area contributed by atoms with Crippen LogP contribution >= 0.6 is 0 Å². The van der Waals surface area contributed by atoms with E-state index in [9.17, 15) is 4.79 Å². The quantitative estimate of drug-likeness (QED) is 0.846. The molecule has 26 heavy (non-hydrogen) atoms. The molecule has 3 rings (SSSR count). The number of nitrogens with one attached hydrogen (secondary N) is 2. The predicted octanol–water partition coefficient (Wildman–Crippen LogP) is 4.11. The van der Waals surface area contributed by atoms with Gasteiger partial charge in [-0.1, -0.05) is 19.3 Å². The van der Waals surface area contributed by atoms with Crippen molar-refractivity contribution in [3.8, 4) is 0 Å². The third kappa shape index (κ3) is 4.71. The number of rotatable bonds is 5. The number of anilines is 4. The summed E-state index contributed by atoms with van der Waals surface area (Å²) in [5.41, 5.74) is 2.61. The van der Waals surface area contributed by atoms with Crippen LogP contribution in [0.4, 0.5) is 23.1 Å². The van der Waals surface area contributed by atoms with Gasteiger partial charge in [0.05, 0.1) is 0 Å². The van der Waals surface area contributed by atoms with Gasteiger partial charge in [0, 0.05) is 43.1 Å². The SMILES string of the molecule is Cc1cc(N(C)C)nc(Nc2ccc(NC(=O)C3CCCCC3)cc2)n1. The molecule has 0 spiro atoms. The number of nitrogens with zero attached hydrogens (tertiary/aromatic N) is 3. The van der Waals surface area contributed by atoms with Crippen molar-refractivity contribution < 1.29 is 4.79 Å². The molecule has 1 saturated carbocycles. The molecule has 6 heteroatoms. The van der Waals surface area contributed by atoms with Crippen LogP contribution in [-0.2, 0) is 4.79 Å². The summed E-state index contributed by atoms with van der Waals surface area (Å²) < 4.78 is 0. The van der Waals surface area contributed by atoms with E-state index in [4.69, 9.17) is 0 Å². The Bertz CT molecular complexity index is 751. The van der Waals surface area contributed by atoms with Crippen molar-refractivity contribution in [2.45, 2.75) is 39.0 Å². The van der Waals surface area contributed by atoms with Gasteiger partial charge in [-0.3, -0.25) is 4.79 Å². The van der Waals surface area contributed by atoms with Gasteiger partial charge < -0.3 is 15.5 Å². The zero-order chi connectivity index (χ0) is 18.5. The molecule has 0 saturated heterocycles. The van der Waals surface area contributed by atoms with Crippen LogP contribution in [0.25, 0.3) is 0 Å². The molecule has 0 aliphatic heterocycles. The van der Waals surface area contributed by atoms with E-state index < -0.39 is 0 Å². The predicted molar refractivity (Wildman–Crippen MR) is 106 cm³/mol. The third-order valence-corrected chi connectivity index (χ3v) is 4.68. The zero-order valence-electron chi connectivity index (χ0n) is 15.7. The highest BCUT2D eigenvalue weighted by molar-refractivity contribution is 5.92. The zero-order valence-corrected chi connectivity index (χ0v) is 15.7. The smallest absolute Gasteiger partial charge is 0.229 e. The number of aryl methyl sites for hydroxylation is 1. The molecule has 0 bridgehead atoms. The lowest BCUT2D eigenvalue weighted by Crippen LogP contribution is -2.24. The Hall–Kier alpha value is -2.63. The maximum atomic E-state index is 12.3. The van der Waals surface area contributed by atoms with Crippen molar-refractivity contribution >= 4 is 29.0 Å². The number of carbonyl (C=O) groups is 1. The maximum Gasteiger partial charge on any atom is 0.229 e. The van der Waals surface area contributed by atoms with Gasteiger partial charge in [0.15, 0.2) is 0 Å². The van der Waals surface area contributed by atoms with Crippen LogP contribution in [0, 0.1) is 12.8 Å². The Morgan fingerprint density at radius 2 is 1.69 bits per heavy atom. The molecule has 0 unspecified atom stereocenters. The summed E-state index contributed by atoms with van der Waals surface area (Å²) in [6.07, 6.45) is 5.58. The number of hydrogen-bond donors (Lipinski definition) is 2. The Morgan fingerprint density at radius 3 is 2.35 bits per heavy atom. The Kier molecular flexibility index (Phi) is 5.71. The van der Waals surface area contributed by atoms with Crippen molar-refractivity contribution in [3.05, 3.63) is 36.0 Å². The van der Waals surface area contributed by atoms with E-state index in [2.05, 4.69) is 20.6 Å². The lowest BCUT2D eigenvalue weighted by Gasteiger charge is -2.20. The van der Waals surface area contributed by atoms with Gasteiger partial charge in [0.2, 0.25) is 11.9 Å². The summed E-state index contributed by atoms with van der Waals surface area (Å²) in [5.74, 6) is 1.72. The first-order valence-electron chi connectivity index (χ1n) is 9.22. The second kappa shape index (κ2) is 8.17. The molecule has 138 valence electrons. The van der Waals surface area contributed by atoms with Crippen LogP contribution < -0.4 is 15.5 Å². The largest absolute Gasteiger partial charge is 0.363 e. The normalized spacial score (nSPS) is 14.7. The minimum Gasteiger partial charge on any atom is -0.363 e. The number of carbonyl (C=O) groups excluding carboxylic acids is 1. The first-order valence-corrected chi connectivity index (χ1v) is 9.22. The first-order chi connectivity index (χ1) is 12.5. The van der Waals surface area contributed by atoms with Crippen LogP contribution in [0.3, 0.4) is 0 Å². The van der Waals surface area contributed by atoms with Gasteiger partial charge >= 0.3 is 0 Å². The van der Waals surface area contributed by atoms with Crippen LogP contribution in [0.2, 0.25) is 0 Å². The molecule has 1 amide bonds. The van der Waals surface area contributed by atoms with Gasteiger partial charge in [0.1, 0.15) is 5.82 Å². The summed E-state index contributed by atoms with van der Waals surface area (Å²) in [6.45, 7) is 1.95. The molecule has 6 nitrogen and oxygen atoms in total. The fourth-order valence-electron chi connectivity index (χ4n) is 3.21. The Balaban J connectivity index is 1.63. The molecule has 2 N–H and O–H groups in total. The Labute approximate surface area is 155 Å². The highest BCUT2D eigenvalue weighted by Gasteiger charge is 2.20. The van der Waals surface area contributed by atoms with Crippen molar-refractivity contribution in [3.63, 3.8) is 0 Å². The van der Waals surface area contributed by atoms with E-state index in [1.807, 2.05) is 56.3 Å². The molecule has 0 radical (unpaired) electrons. The fraction of sp³-hybridized carbons (Fsp3) is 0.450. The summed E-state index contributed by atoms with van der Waals surface area (Å²) in [5, 5.41) is 6.25. The van der Waals surface area contributed by atoms with Crippen molar-refractivity contribution in [2.24, 2.45) is 5.92 Å². The van der Waals surface area contributed by atoms with Gasteiger partial charge in [-0.25, -0.2) is 4.98 Å². The standard InChI is InChI=1S/C20H27N5O/c1-14-13-18(25(2)3)24-20(21-14)23-17-11-9-16(10-12-17)22-19(26)15-7-5-4-6-8-15/h9-13,15H,4-8H2,1-3H3,(H,22,26)(H,21,23,24). The van der Waals surface area contributed by atoms with Crippen LogP contribution in [0.5, 0.6) is 0 Å². The highest BCUT2D eigenvalue weighted by atomic mass is 16.1. The number of hydrogen-bond acceptors (Lipinski definition) is 5. The Morgan fingerprint density at radius 1 is 1.04 bits per heavy atom. The lowest BCUT2D eigenvalue weighted by molar-refractivity contribution is -0.120. The molecule has 1 aliphatic carbocycles. The maximum absolute atomic E-state index is 12.3. The minimum atomic E-state index is 0.142. The van der Waals surface area contributed by atoms with E-state index in [1.54, 1.807) is 0 Å². The minimum absolute atomic E-state index is 0.142. The third-order valence-electron chi connectivity index (χ3n) is 4.68. The summed E-state index contributed by atoms with van der Waals surface area (Å²) in [6, 6.07) is 9.61. The monoisotopic (exact) mass is 353 g/mol. The topological polar surface area (TPSA) is 70.2 Å². The second-order valence-electron chi connectivity index (χ2n) is 7.11. The number of aromatic nitrogens is 2. The van der Waals surface area contributed by atoms with Crippen molar-refractivity contribution in [1.29, 1.82) is 0 Å². The van der Waals surface area contributed by atoms with Crippen molar-refractivity contribution in [1.82, 2.24) is 9.97 Å². The summed E-state index contributed by atoms with van der Waals surface area (Å²) >= 11 is 0. The van der Waals surface area contributed by atoms with E-state index in [-0.39, 0.29) is 11.8 Å². The van der Waals surface area contributed by atoms with E-state index >= 15 is 0 Å². The van der Waals surface area contributed by atoms with Gasteiger partial charge in [0.25, 0.3) is 0 Å². The first kappa shape index (κ1) is 18.2. The molecule has 1 aromatic carbocycles. The molecular weight excluding hydrogens is 326 g/mol. The van der Waals surface area contributed by atoms with Crippen LogP contribution in [0.1, 0.15) is 37.8 Å². The van der Waals surface area contributed by atoms with Crippen molar-refractivity contribution in [2.75, 3.05) is 29.6 Å². The number of amides is 1. The molecular formula is C20H27N5O. The average Bonchev–Trinajstić information content (AvgIpc) is 2.63. The average molecular weight is 353 g/mol. The molecule has 1 aromatic heterocycles. The van der Waals surface area contributed by atoms with E-state index in [0.717, 1.165) is 48.6 Å². The fourth-order valence-corrected chi connectivity index (χ4v) is 3.21. The molecule has 1 aliphatic rings. The second-order valence-corrected chi connectivity index (χ2v) is 7.11. The molecule has 1 fully saturated rings. The van der Waals surface area contributed by atoms with Gasteiger partial charge in [-0.15, -0.1) is 0 Å². The van der Waals surface area contributed by atoms with E-state index in [1.165, 1.54) is 6.42 Å². The summed E-state index contributed by atoms with van der Waals surface area (Å²) in [4.78, 5) is 23.2. The molecule has 0 atom stereocenters. The lowest BCUT2D eigenvalue weighted by atomic mass is 9.88. The van der Waals surface area contributed by atoms with Gasteiger partial charge in [-0.2, -0.15) is 4.98 Å². The molecule has 1 heterocycles. The highest BCUT2D eigenvalue weighted by Crippen LogP contribution is 2.25. The van der Waals surface area contributed by atoms with Crippen LogP contribution in [-0.4, -0.2) is 30.0 Å². The molecule has 2 aromatic rings. The van der Waals surface area contributed by atoms with E-state index in [0.29, 0.717) is 5.95 Å². The van der Waals surface area contributed by atoms with Gasteiger partial charge in [-0.05, 0) is 44.0 Å².